The maximum Gasteiger partial charge on any atom is 0.247 e. The first-order valence-electron chi connectivity index (χ1n) is 7.51. The largest absolute Gasteiger partial charge is 0.452 e. The third kappa shape index (κ3) is 2.93. The number of fused-ring (bicyclic) bond motifs is 1. The van der Waals surface area contributed by atoms with Crippen molar-refractivity contribution in [3.05, 3.63) is 16.5 Å². The first-order chi connectivity index (χ1) is 10.0. The van der Waals surface area contributed by atoms with Crippen LogP contribution in [0.15, 0.2) is 20.0 Å². The highest BCUT2D eigenvalue weighted by atomic mass is 79.9. The second-order valence-electron chi connectivity index (χ2n) is 6.01. The molecular formula is C14H21BrN2O3S. The van der Waals surface area contributed by atoms with Gasteiger partial charge in [-0.05, 0) is 40.6 Å². The summed E-state index contributed by atoms with van der Waals surface area (Å²) in [6.07, 6.45) is 5.90. The van der Waals surface area contributed by atoms with Gasteiger partial charge in [0, 0.05) is 19.2 Å². The van der Waals surface area contributed by atoms with Gasteiger partial charge in [0.05, 0.1) is 6.54 Å². The highest BCUT2D eigenvalue weighted by molar-refractivity contribution is 9.10. The van der Waals surface area contributed by atoms with Crippen molar-refractivity contribution in [1.82, 2.24) is 4.31 Å². The van der Waals surface area contributed by atoms with E-state index in [1.165, 1.54) is 25.3 Å². The summed E-state index contributed by atoms with van der Waals surface area (Å²) in [5.74, 6) is 1.70. The molecule has 21 heavy (non-hydrogen) atoms. The van der Waals surface area contributed by atoms with Gasteiger partial charge in [0.1, 0.15) is 10.7 Å². The average Bonchev–Trinajstić information content (AvgIpc) is 2.88. The molecule has 7 heteroatoms. The highest BCUT2D eigenvalue weighted by Gasteiger charge is 2.38. The second kappa shape index (κ2) is 6.02. The van der Waals surface area contributed by atoms with E-state index in [2.05, 4.69) is 15.9 Å². The molecule has 2 N–H and O–H groups in total. The molecule has 0 amide bonds. The van der Waals surface area contributed by atoms with Gasteiger partial charge < -0.3 is 10.2 Å². The third-order valence-electron chi connectivity index (χ3n) is 4.78. The minimum Gasteiger partial charge on any atom is -0.452 e. The minimum absolute atomic E-state index is 0.193. The lowest BCUT2D eigenvalue weighted by Crippen LogP contribution is -2.44. The summed E-state index contributed by atoms with van der Waals surface area (Å²) in [6.45, 7) is 1.44. The van der Waals surface area contributed by atoms with Crippen molar-refractivity contribution in [2.75, 3.05) is 13.1 Å². The zero-order valence-electron chi connectivity index (χ0n) is 11.9. The Balaban J connectivity index is 1.83. The predicted octanol–water partition coefficient (Wildman–Crippen LogP) is 2.70. The Hall–Kier alpha value is -0.370. The molecule has 2 heterocycles. The number of nitrogens with zero attached hydrogens (tertiary/aromatic N) is 1. The van der Waals surface area contributed by atoms with E-state index >= 15 is 0 Å². The molecule has 2 unspecified atom stereocenters. The van der Waals surface area contributed by atoms with Gasteiger partial charge in [0.15, 0.2) is 4.67 Å². The van der Waals surface area contributed by atoms with Gasteiger partial charge in [-0.1, -0.05) is 19.3 Å². The molecule has 2 atom stereocenters. The maximum atomic E-state index is 12.8. The Labute approximate surface area is 134 Å². The van der Waals surface area contributed by atoms with E-state index in [-0.39, 0.29) is 16.1 Å². The molecule has 1 saturated carbocycles. The number of nitrogens with two attached hydrogens (primary N) is 1. The predicted molar refractivity (Wildman–Crippen MR) is 83.1 cm³/mol. The summed E-state index contributed by atoms with van der Waals surface area (Å²) in [4.78, 5) is 0.206. The Kier molecular flexibility index (Phi) is 4.45. The van der Waals surface area contributed by atoms with Crippen LogP contribution in [0.2, 0.25) is 0 Å². The van der Waals surface area contributed by atoms with Crippen molar-refractivity contribution in [3.63, 3.8) is 0 Å². The quantitative estimate of drug-likeness (QED) is 0.879. The van der Waals surface area contributed by atoms with E-state index in [1.807, 2.05) is 0 Å². The van der Waals surface area contributed by atoms with Gasteiger partial charge in [0.25, 0.3) is 0 Å². The van der Waals surface area contributed by atoms with Crippen molar-refractivity contribution < 1.29 is 12.8 Å². The average molecular weight is 377 g/mol. The molecule has 2 aliphatic rings. The summed E-state index contributed by atoms with van der Waals surface area (Å²) in [6, 6.07) is 1.53. The Morgan fingerprint density at radius 2 is 2.00 bits per heavy atom. The number of hydrogen-bond donors (Lipinski definition) is 1. The fourth-order valence-corrected chi connectivity index (χ4v) is 6.07. The normalized spacial score (nSPS) is 27.5. The van der Waals surface area contributed by atoms with E-state index in [9.17, 15) is 8.42 Å². The van der Waals surface area contributed by atoms with Crippen LogP contribution in [0.25, 0.3) is 0 Å². The lowest BCUT2D eigenvalue weighted by molar-refractivity contribution is 0.136. The molecule has 3 rings (SSSR count). The zero-order valence-corrected chi connectivity index (χ0v) is 14.3. The molecule has 0 radical (unpaired) electrons. The molecule has 0 aromatic carbocycles. The maximum absolute atomic E-state index is 12.8. The highest BCUT2D eigenvalue weighted by Crippen LogP contribution is 2.38. The molecule has 0 bridgehead atoms. The zero-order chi connectivity index (χ0) is 15.0. The van der Waals surface area contributed by atoms with Crippen LogP contribution in [0.4, 0.5) is 0 Å². The molecule has 118 valence electrons. The fourth-order valence-electron chi connectivity index (χ4n) is 3.60. The standard InChI is InChI=1S/C14H21BrN2O3S/c15-14-13(7-12(8-16)20-14)21(18,19)17-6-5-10-3-1-2-4-11(10)9-17/h7,10-11H,1-6,8-9,16H2. The Morgan fingerprint density at radius 3 is 2.67 bits per heavy atom. The smallest absolute Gasteiger partial charge is 0.247 e. The number of piperidine rings is 1. The number of furan rings is 1. The topological polar surface area (TPSA) is 76.5 Å². The summed E-state index contributed by atoms with van der Waals surface area (Å²) in [7, 11) is -3.50. The number of halogens is 1. The number of hydrogen-bond acceptors (Lipinski definition) is 4. The summed E-state index contributed by atoms with van der Waals surface area (Å²) in [5.41, 5.74) is 5.52. The van der Waals surface area contributed by atoms with Crippen LogP contribution in [0.5, 0.6) is 0 Å². The first-order valence-corrected chi connectivity index (χ1v) is 9.74. The van der Waals surface area contributed by atoms with Crippen LogP contribution >= 0.6 is 15.9 Å². The fraction of sp³-hybridized carbons (Fsp3) is 0.714. The van der Waals surface area contributed by atoms with Crippen LogP contribution in [-0.2, 0) is 16.6 Å². The van der Waals surface area contributed by atoms with E-state index < -0.39 is 10.0 Å². The SMILES string of the molecule is NCc1cc(S(=O)(=O)N2CCC3CCCCC3C2)c(Br)o1. The number of rotatable bonds is 3. The lowest BCUT2D eigenvalue weighted by Gasteiger charge is -2.40. The lowest BCUT2D eigenvalue weighted by atomic mass is 9.76. The first kappa shape index (κ1) is 15.5. The monoisotopic (exact) mass is 376 g/mol. The van der Waals surface area contributed by atoms with E-state index in [0.29, 0.717) is 30.7 Å². The van der Waals surface area contributed by atoms with Crippen molar-refractivity contribution in [2.24, 2.45) is 17.6 Å². The summed E-state index contributed by atoms with van der Waals surface area (Å²) >= 11 is 3.20. The third-order valence-corrected chi connectivity index (χ3v) is 7.50. The van der Waals surface area contributed by atoms with Gasteiger partial charge in [-0.2, -0.15) is 4.31 Å². The van der Waals surface area contributed by atoms with Gasteiger partial charge in [-0.25, -0.2) is 8.42 Å². The molecule has 1 aromatic heterocycles. The molecule has 2 fully saturated rings. The summed E-state index contributed by atoms with van der Waals surface area (Å²) < 4.78 is 32.8. The van der Waals surface area contributed by atoms with Crippen molar-refractivity contribution >= 4 is 26.0 Å². The van der Waals surface area contributed by atoms with Gasteiger partial charge in [-0.15, -0.1) is 0 Å². The second-order valence-corrected chi connectivity index (χ2v) is 8.64. The summed E-state index contributed by atoms with van der Waals surface area (Å²) in [5, 5.41) is 0. The van der Waals surface area contributed by atoms with E-state index in [1.54, 1.807) is 4.31 Å². The Bertz CT molecular complexity index is 614. The van der Waals surface area contributed by atoms with E-state index in [0.717, 1.165) is 12.8 Å². The molecule has 1 saturated heterocycles. The molecule has 0 spiro atoms. The van der Waals surface area contributed by atoms with Gasteiger partial charge in [-0.3, -0.25) is 0 Å². The van der Waals surface area contributed by atoms with Gasteiger partial charge in [0.2, 0.25) is 10.0 Å². The van der Waals surface area contributed by atoms with E-state index in [4.69, 9.17) is 10.2 Å². The molecule has 5 nitrogen and oxygen atoms in total. The molecule has 1 aliphatic carbocycles. The van der Waals surface area contributed by atoms with Crippen LogP contribution in [-0.4, -0.2) is 25.8 Å². The molecule has 1 aromatic rings. The molecular weight excluding hydrogens is 356 g/mol. The van der Waals surface area contributed by atoms with Crippen molar-refractivity contribution in [2.45, 2.75) is 43.5 Å². The number of sulfonamides is 1. The van der Waals surface area contributed by atoms with Crippen LogP contribution < -0.4 is 5.73 Å². The molecule has 1 aliphatic heterocycles. The van der Waals surface area contributed by atoms with Crippen LogP contribution in [0.3, 0.4) is 0 Å². The van der Waals surface area contributed by atoms with Gasteiger partial charge >= 0.3 is 0 Å². The van der Waals surface area contributed by atoms with Crippen molar-refractivity contribution in [1.29, 1.82) is 0 Å². The van der Waals surface area contributed by atoms with Crippen molar-refractivity contribution in [3.8, 4) is 0 Å². The minimum atomic E-state index is -3.50. The van der Waals surface area contributed by atoms with Crippen LogP contribution in [0, 0.1) is 11.8 Å². The Morgan fingerprint density at radius 1 is 1.29 bits per heavy atom. The van der Waals surface area contributed by atoms with Crippen LogP contribution in [0.1, 0.15) is 37.9 Å².